The molecule has 1 heterocycles. The van der Waals surface area contributed by atoms with Gasteiger partial charge in [-0.2, -0.15) is 0 Å². The van der Waals surface area contributed by atoms with Crippen LogP contribution >= 0.6 is 0 Å². The Bertz CT molecular complexity index is 573. The van der Waals surface area contributed by atoms with E-state index in [-0.39, 0.29) is 23.9 Å². The van der Waals surface area contributed by atoms with E-state index >= 15 is 0 Å². The average molecular weight is 288 g/mol. The lowest BCUT2D eigenvalue weighted by atomic mass is 10.0. The fourth-order valence-corrected chi connectivity index (χ4v) is 2.61. The van der Waals surface area contributed by atoms with E-state index in [0.29, 0.717) is 18.7 Å². The Labute approximate surface area is 126 Å². The molecule has 0 spiro atoms. The Hall–Kier alpha value is -1.84. The van der Waals surface area contributed by atoms with Crippen LogP contribution in [0.4, 0.5) is 0 Å². The van der Waals surface area contributed by atoms with E-state index in [0.717, 1.165) is 5.56 Å². The topological polar surface area (TPSA) is 40.6 Å². The molecule has 1 aliphatic heterocycles. The van der Waals surface area contributed by atoms with Gasteiger partial charge in [0.2, 0.25) is 5.91 Å². The molecule has 0 unspecified atom stereocenters. The molecule has 0 N–H and O–H groups in total. The van der Waals surface area contributed by atoms with Crippen molar-refractivity contribution in [2.45, 2.75) is 40.2 Å². The summed E-state index contributed by atoms with van der Waals surface area (Å²) in [6.07, 6.45) is 0. The molecule has 0 bridgehead atoms. The fraction of sp³-hybridized carbons (Fsp3) is 0.529. The van der Waals surface area contributed by atoms with Gasteiger partial charge in [-0.05, 0) is 57.9 Å². The number of amides is 2. The molecule has 0 radical (unpaired) electrons. The predicted molar refractivity (Wildman–Crippen MR) is 83.3 cm³/mol. The Morgan fingerprint density at radius 1 is 1.10 bits per heavy atom. The van der Waals surface area contributed by atoms with Crippen molar-refractivity contribution >= 4 is 11.8 Å². The van der Waals surface area contributed by atoms with E-state index < -0.39 is 0 Å². The van der Waals surface area contributed by atoms with E-state index in [1.807, 2.05) is 57.7 Å². The van der Waals surface area contributed by atoms with Crippen molar-refractivity contribution in [2.75, 3.05) is 19.6 Å². The monoisotopic (exact) mass is 288 g/mol. The minimum Gasteiger partial charge on any atom is -0.335 e. The largest absolute Gasteiger partial charge is 0.335 e. The van der Waals surface area contributed by atoms with Gasteiger partial charge in [-0.15, -0.1) is 0 Å². The maximum Gasteiger partial charge on any atom is 0.254 e. The van der Waals surface area contributed by atoms with E-state index in [1.54, 1.807) is 4.90 Å². The minimum atomic E-state index is -0.188. The van der Waals surface area contributed by atoms with E-state index in [4.69, 9.17) is 0 Å². The molecule has 1 aliphatic rings. The number of piperazine rings is 1. The van der Waals surface area contributed by atoms with Crippen LogP contribution in [0.15, 0.2) is 18.2 Å². The number of rotatable bonds is 1. The van der Waals surface area contributed by atoms with Gasteiger partial charge in [-0.3, -0.25) is 9.59 Å². The summed E-state index contributed by atoms with van der Waals surface area (Å²) in [5, 5.41) is 0. The summed E-state index contributed by atoms with van der Waals surface area (Å²) in [6, 6.07) is 5.69. The third kappa shape index (κ3) is 3.26. The molecule has 0 aliphatic carbocycles. The SMILES string of the molecule is Cc1ccc(C(=O)N2CCN(C(C)(C)C)C(=O)C2)cc1C. The van der Waals surface area contributed by atoms with Crippen molar-refractivity contribution in [3.05, 3.63) is 34.9 Å². The molecule has 4 nitrogen and oxygen atoms in total. The van der Waals surface area contributed by atoms with Crippen LogP contribution in [0.1, 0.15) is 42.3 Å². The van der Waals surface area contributed by atoms with Crippen LogP contribution in [0.3, 0.4) is 0 Å². The molecule has 0 atom stereocenters. The molecular formula is C17H24N2O2. The summed E-state index contributed by atoms with van der Waals surface area (Å²) >= 11 is 0. The number of hydrogen-bond donors (Lipinski definition) is 0. The summed E-state index contributed by atoms with van der Waals surface area (Å²) < 4.78 is 0. The summed E-state index contributed by atoms with van der Waals surface area (Å²) in [5.74, 6) is -0.0362. The second-order valence-corrected chi connectivity index (χ2v) is 6.74. The second kappa shape index (κ2) is 5.51. The van der Waals surface area contributed by atoms with Crippen molar-refractivity contribution in [1.29, 1.82) is 0 Å². The highest BCUT2D eigenvalue weighted by atomic mass is 16.2. The lowest BCUT2D eigenvalue weighted by Gasteiger charge is -2.42. The highest BCUT2D eigenvalue weighted by Gasteiger charge is 2.33. The number of benzene rings is 1. The van der Waals surface area contributed by atoms with Crippen molar-refractivity contribution in [3.8, 4) is 0 Å². The number of aryl methyl sites for hydroxylation is 2. The van der Waals surface area contributed by atoms with E-state index in [9.17, 15) is 9.59 Å². The van der Waals surface area contributed by atoms with Gasteiger partial charge in [-0.25, -0.2) is 0 Å². The van der Waals surface area contributed by atoms with Crippen LogP contribution in [0.5, 0.6) is 0 Å². The van der Waals surface area contributed by atoms with Gasteiger partial charge in [0.25, 0.3) is 5.91 Å². The molecule has 21 heavy (non-hydrogen) atoms. The van der Waals surface area contributed by atoms with Gasteiger partial charge in [0.05, 0.1) is 0 Å². The molecule has 1 fully saturated rings. The van der Waals surface area contributed by atoms with Gasteiger partial charge < -0.3 is 9.80 Å². The number of nitrogens with zero attached hydrogens (tertiary/aromatic N) is 2. The molecule has 114 valence electrons. The molecule has 2 amide bonds. The zero-order valence-corrected chi connectivity index (χ0v) is 13.6. The normalized spacial score (nSPS) is 16.3. The molecule has 2 rings (SSSR count). The highest BCUT2D eigenvalue weighted by molar-refractivity contribution is 5.97. The van der Waals surface area contributed by atoms with Crippen LogP contribution in [0.25, 0.3) is 0 Å². The van der Waals surface area contributed by atoms with Crippen molar-refractivity contribution < 1.29 is 9.59 Å². The quantitative estimate of drug-likeness (QED) is 0.796. The van der Waals surface area contributed by atoms with Crippen LogP contribution in [0, 0.1) is 13.8 Å². The van der Waals surface area contributed by atoms with Gasteiger partial charge in [0, 0.05) is 24.2 Å². The lowest BCUT2D eigenvalue weighted by molar-refractivity contribution is -0.140. The average Bonchev–Trinajstić information content (AvgIpc) is 2.39. The standard InChI is InChI=1S/C17H24N2O2/c1-12-6-7-14(10-13(12)2)16(21)18-8-9-19(15(20)11-18)17(3,4)5/h6-7,10H,8-9,11H2,1-5H3. The van der Waals surface area contributed by atoms with Gasteiger partial charge in [0.15, 0.2) is 0 Å². The first-order chi connectivity index (χ1) is 9.70. The Morgan fingerprint density at radius 2 is 1.76 bits per heavy atom. The maximum atomic E-state index is 12.5. The molecule has 1 aromatic carbocycles. The first-order valence-electron chi connectivity index (χ1n) is 7.37. The minimum absolute atomic E-state index is 0.0194. The third-order valence-corrected chi connectivity index (χ3v) is 4.07. The summed E-state index contributed by atoms with van der Waals surface area (Å²) in [4.78, 5) is 28.3. The van der Waals surface area contributed by atoms with Crippen molar-refractivity contribution in [1.82, 2.24) is 9.80 Å². The maximum absolute atomic E-state index is 12.5. The zero-order valence-electron chi connectivity index (χ0n) is 13.6. The van der Waals surface area contributed by atoms with Gasteiger partial charge in [0.1, 0.15) is 6.54 Å². The number of carbonyl (C=O) groups excluding carboxylic acids is 2. The zero-order chi connectivity index (χ0) is 15.8. The van der Waals surface area contributed by atoms with E-state index in [2.05, 4.69) is 0 Å². The fourth-order valence-electron chi connectivity index (χ4n) is 2.61. The molecular weight excluding hydrogens is 264 g/mol. The summed E-state index contributed by atoms with van der Waals surface area (Å²) in [5.41, 5.74) is 2.74. The Kier molecular flexibility index (Phi) is 4.08. The smallest absolute Gasteiger partial charge is 0.254 e. The highest BCUT2D eigenvalue weighted by Crippen LogP contribution is 2.19. The van der Waals surface area contributed by atoms with Crippen molar-refractivity contribution in [2.24, 2.45) is 0 Å². The van der Waals surface area contributed by atoms with Crippen LogP contribution < -0.4 is 0 Å². The molecule has 4 heteroatoms. The molecule has 0 aromatic heterocycles. The Morgan fingerprint density at radius 3 is 2.29 bits per heavy atom. The molecule has 1 aromatic rings. The summed E-state index contributed by atoms with van der Waals surface area (Å²) in [7, 11) is 0. The predicted octanol–water partition coefficient (Wildman–Crippen LogP) is 2.39. The van der Waals surface area contributed by atoms with Crippen LogP contribution in [0.2, 0.25) is 0 Å². The lowest BCUT2D eigenvalue weighted by Crippen LogP contribution is -2.58. The number of hydrogen-bond acceptors (Lipinski definition) is 2. The summed E-state index contributed by atoms with van der Waals surface area (Å²) in [6.45, 7) is 11.4. The first kappa shape index (κ1) is 15.5. The van der Waals surface area contributed by atoms with Crippen molar-refractivity contribution in [3.63, 3.8) is 0 Å². The van der Waals surface area contributed by atoms with Gasteiger partial charge >= 0.3 is 0 Å². The molecule has 0 saturated carbocycles. The van der Waals surface area contributed by atoms with Crippen LogP contribution in [-0.2, 0) is 4.79 Å². The first-order valence-corrected chi connectivity index (χ1v) is 7.37. The third-order valence-electron chi connectivity index (χ3n) is 4.07. The Balaban J connectivity index is 2.12. The van der Waals surface area contributed by atoms with Crippen LogP contribution in [-0.4, -0.2) is 46.8 Å². The second-order valence-electron chi connectivity index (χ2n) is 6.74. The molecule has 1 saturated heterocycles. The van der Waals surface area contributed by atoms with E-state index in [1.165, 1.54) is 5.56 Å². The number of carbonyl (C=O) groups is 2. The van der Waals surface area contributed by atoms with Gasteiger partial charge in [-0.1, -0.05) is 6.07 Å².